The molecule has 0 aliphatic heterocycles. The quantitative estimate of drug-likeness (QED) is 0.128. The van der Waals surface area contributed by atoms with Crippen molar-refractivity contribution in [3.63, 3.8) is 0 Å². The number of aromatic nitrogens is 3. The van der Waals surface area contributed by atoms with Crippen LogP contribution in [-0.2, 0) is 35.3 Å². The van der Waals surface area contributed by atoms with Crippen LogP contribution in [0.5, 0.6) is 0 Å². The standard InChI is InChI=1S/C31H27F6N3O3/c1-3-43-17-22-15-40(39-30(22)31(35,36)37)16-25(42)12-21(9-19-10-23(32)14-24(33)11-19)29-26(5-4-8-38-29)20-6-7-28(34)27(13-20)18(2)41/h4-8,10-11,13-15,21H,3,9,12,16-17H2,1-2H3/t21-/m1/s1. The average molecular weight is 604 g/mol. The molecule has 43 heavy (non-hydrogen) atoms. The Morgan fingerprint density at radius 3 is 2.40 bits per heavy atom. The zero-order valence-electron chi connectivity index (χ0n) is 23.2. The van der Waals surface area contributed by atoms with Gasteiger partial charge in [0.2, 0.25) is 0 Å². The molecule has 12 heteroatoms. The normalized spacial score (nSPS) is 12.4. The number of carbonyl (C=O) groups excluding carboxylic acids is 2. The van der Waals surface area contributed by atoms with E-state index in [0.717, 1.165) is 29.1 Å². The highest BCUT2D eigenvalue weighted by atomic mass is 19.4. The zero-order chi connectivity index (χ0) is 31.3. The number of benzene rings is 2. The maximum atomic E-state index is 14.3. The van der Waals surface area contributed by atoms with Crippen molar-refractivity contribution in [1.82, 2.24) is 14.8 Å². The molecule has 0 amide bonds. The third-order valence-electron chi connectivity index (χ3n) is 6.67. The van der Waals surface area contributed by atoms with Crippen molar-refractivity contribution >= 4 is 11.6 Å². The number of ether oxygens (including phenoxy) is 1. The zero-order valence-corrected chi connectivity index (χ0v) is 23.2. The molecule has 0 spiro atoms. The largest absolute Gasteiger partial charge is 0.435 e. The number of hydrogen-bond acceptors (Lipinski definition) is 5. The molecule has 0 unspecified atom stereocenters. The first kappa shape index (κ1) is 31.6. The molecule has 2 aromatic heterocycles. The summed E-state index contributed by atoms with van der Waals surface area (Å²) < 4.78 is 89.0. The molecule has 0 saturated heterocycles. The Morgan fingerprint density at radius 2 is 1.74 bits per heavy atom. The number of carbonyl (C=O) groups is 2. The van der Waals surface area contributed by atoms with Crippen molar-refractivity contribution in [2.75, 3.05) is 6.61 Å². The van der Waals surface area contributed by atoms with E-state index in [2.05, 4.69) is 10.1 Å². The molecular formula is C31H27F6N3O3. The maximum Gasteiger partial charge on any atom is 0.435 e. The minimum absolute atomic E-state index is 0.0618. The monoisotopic (exact) mass is 603 g/mol. The number of ketones is 2. The molecule has 1 atom stereocenters. The Labute approximate surface area is 243 Å². The van der Waals surface area contributed by atoms with Crippen LogP contribution in [0.15, 0.2) is 60.9 Å². The number of Topliss-reactive ketones (excluding diaryl/α,β-unsaturated/α-hetero) is 2. The fourth-order valence-corrected chi connectivity index (χ4v) is 4.85. The van der Waals surface area contributed by atoms with Crippen LogP contribution in [0.3, 0.4) is 0 Å². The second-order valence-electron chi connectivity index (χ2n) is 9.94. The Morgan fingerprint density at radius 1 is 1.02 bits per heavy atom. The highest BCUT2D eigenvalue weighted by Crippen LogP contribution is 2.34. The van der Waals surface area contributed by atoms with Gasteiger partial charge in [0.15, 0.2) is 17.3 Å². The summed E-state index contributed by atoms with van der Waals surface area (Å²) in [6.45, 7) is 2.16. The van der Waals surface area contributed by atoms with Crippen LogP contribution in [0, 0.1) is 17.5 Å². The van der Waals surface area contributed by atoms with Gasteiger partial charge in [-0.3, -0.25) is 19.3 Å². The fraction of sp³-hybridized carbons (Fsp3) is 0.290. The molecule has 0 radical (unpaired) electrons. The van der Waals surface area contributed by atoms with E-state index in [1.807, 2.05) is 0 Å². The molecule has 0 aliphatic carbocycles. The molecule has 6 nitrogen and oxygen atoms in total. The third-order valence-corrected chi connectivity index (χ3v) is 6.67. The lowest BCUT2D eigenvalue weighted by atomic mass is 9.86. The van der Waals surface area contributed by atoms with E-state index in [1.165, 1.54) is 25.3 Å². The Kier molecular flexibility index (Phi) is 9.80. The van der Waals surface area contributed by atoms with Crippen LogP contribution in [0.1, 0.15) is 59.1 Å². The van der Waals surface area contributed by atoms with Gasteiger partial charge in [-0.05, 0) is 61.7 Å². The van der Waals surface area contributed by atoms with Crippen molar-refractivity contribution < 1.29 is 40.7 Å². The van der Waals surface area contributed by atoms with Crippen molar-refractivity contribution in [2.45, 2.75) is 51.9 Å². The van der Waals surface area contributed by atoms with Crippen LogP contribution < -0.4 is 0 Å². The van der Waals surface area contributed by atoms with Gasteiger partial charge in [0, 0.05) is 48.5 Å². The summed E-state index contributed by atoms with van der Waals surface area (Å²) in [5.41, 5.74) is -0.155. The van der Waals surface area contributed by atoms with Gasteiger partial charge in [0.05, 0.1) is 24.4 Å². The molecule has 226 valence electrons. The predicted octanol–water partition coefficient (Wildman–Crippen LogP) is 7.11. The fourth-order valence-electron chi connectivity index (χ4n) is 4.85. The molecule has 2 heterocycles. The van der Waals surface area contributed by atoms with Gasteiger partial charge in [0.1, 0.15) is 17.5 Å². The van der Waals surface area contributed by atoms with Crippen molar-refractivity contribution in [1.29, 1.82) is 0 Å². The summed E-state index contributed by atoms with van der Waals surface area (Å²) in [5, 5.41) is 3.57. The number of rotatable bonds is 12. The molecule has 4 aromatic rings. The van der Waals surface area contributed by atoms with Crippen LogP contribution >= 0.6 is 0 Å². The van der Waals surface area contributed by atoms with Crippen LogP contribution in [0.25, 0.3) is 11.1 Å². The first-order chi connectivity index (χ1) is 20.3. The summed E-state index contributed by atoms with van der Waals surface area (Å²) in [6, 6.07) is 10.1. The summed E-state index contributed by atoms with van der Waals surface area (Å²) in [6.07, 6.45) is -2.57. The van der Waals surface area contributed by atoms with Crippen LogP contribution in [0.4, 0.5) is 26.3 Å². The molecule has 0 fully saturated rings. The topological polar surface area (TPSA) is 74.1 Å². The van der Waals surface area contributed by atoms with E-state index < -0.39 is 53.4 Å². The second kappa shape index (κ2) is 13.3. The molecule has 0 saturated carbocycles. The average Bonchev–Trinajstić information content (AvgIpc) is 3.34. The van der Waals surface area contributed by atoms with E-state index >= 15 is 0 Å². The smallest absolute Gasteiger partial charge is 0.377 e. The van der Waals surface area contributed by atoms with Crippen LogP contribution in [0.2, 0.25) is 0 Å². The molecule has 4 rings (SSSR count). The summed E-state index contributed by atoms with van der Waals surface area (Å²) in [7, 11) is 0. The summed E-state index contributed by atoms with van der Waals surface area (Å²) >= 11 is 0. The van der Waals surface area contributed by atoms with Gasteiger partial charge < -0.3 is 4.74 Å². The van der Waals surface area contributed by atoms with Gasteiger partial charge >= 0.3 is 6.18 Å². The third kappa shape index (κ3) is 7.95. The van der Waals surface area contributed by atoms with Gasteiger partial charge in [-0.15, -0.1) is 0 Å². The highest BCUT2D eigenvalue weighted by Gasteiger charge is 2.37. The highest BCUT2D eigenvalue weighted by molar-refractivity contribution is 5.95. The first-order valence-electron chi connectivity index (χ1n) is 13.3. The minimum Gasteiger partial charge on any atom is -0.377 e. The Bertz CT molecular complexity index is 1610. The number of alkyl halides is 3. The van der Waals surface area contributed by atoms with Crippen molar-refractivity contribution in [2.24, 2.45) is 0 Å². The Hall–Kier alpha value is -4.32. The van der Waals surface area contributed by atoms with Gasteiger partial charge in [0.25, 0.3) is 0 Å². The maximum absolute atomic E-state index is 14.3. The van der Waals surface area contributed by atoms with E-state index in [-0.39, 0.29) is 42.7 Å². The van der Waals surface area contributed by atoms with E-state index in [0.29, 0.717) is 22.9 Å². The molecule has 0 aliphatic rings. The van der Waals surface area contributed by atoms with Gasteiger partial charge in [-0.25, -0.2) is 13.2 Å². The second-order valence-corrected chi connectivity index (χ2v) is 9.94. The molecular weight excluding hydrogens is 576 g/mol. The number of nitrogens with zero attached hydrogens (tertiary/aromatic N) is 3. The molecule has 0 N–H and O–H groups in total. The predicted molar refractivity (Wildman–Crippen MR) is 145 cm³/mol. The van der Waals surface area contributed by atoms with Gasteiger partial charge in [-0.1, -0.05) is 12.1 Å². The summed E-state index contributed by atoms with van der Waals surface area (Å²) in [5.74, 6) is -4.22. The lowest BCUT2D eigenvalue weighted by Gasteiger charge is -2.20. The number of hydrogen-bond donors (Lipinski definition) is 0. The number of pyridine rings is 1. The van der Waals surface area contributed by atoms with E-state index in [4.69, 9.17) is 4.74 Å². The number of halogens is 6. The van der Waals surface area contributed by atoms with Crippen LogP contribution in [-0.4, -0.2) is 32.9 Å². The minimum atomic E-state index is -4.76. The lowest BCUT2D eigenvalue weighted by Crippen LogP contribution is -2.18. The SMILES string of the molecule is CCOCc1cn(CC(=O)C[C@@H](Cc2cc(F)cc(F)c2)c2ncccc2-c2ccc(F)c(C(C)=O)c2)nc1C(F)(F)F. The van der Waals surface area contributed by atoms with Crippen molar-refractivity contribution in [3.8, 4) is 11.1 Å². The van der Waals surface area contributed by atoms with Gasteiger partial charge in [-0.2, -0.15) is 18.3 Å². The Balaban J connectivity index is 1.71. The molecule has 2 aromatic carbocycles. The molecule has 0 bridgehead atoms. The first-order valence-corrected chi connectivity index (χ1v) is 13.3. The van der Waals surface area contributed by atoms with E-state index in [9.17, 15) is 35.9 Å². The lowest BCUT2D eigenvalue weighted by molar-refractivity contribution is -0.143. The van der Waals surface area contributed by atoms with Crippen molar-refractivity contribution in [3.05, 3.63) is 106 Å². The van der Waals surface area contributed by atoms with E-state index in [1.54, 1.807) is 19.1 Å². The summed E-state index contributed by atoms with van der Waals surface area (Å²) in [4.78, 5) is 29.7.